The van der Waals surface area contributed by atoms with E-state index in [2.05, 4.69) is 11.7 Å². The second kappa shape index (κ2) is 5.72. The highest BCUT2D eigenvalue weighted by Crippen LogP contribution is 2.14. The molecule has 0 aliphatic rings. The van der Waals surface area contributed by atoms with Crippen molar-refractivity contribution in [1.29, 1.82) is 5.26 Å². The Kier molecular flexibility index (Phi) is 4.28. The second-order valence-electron chi connectivity index (χ2n) is 3.24. The minimum atomic E-state index is -0.517. The third kappa shape index (κ3) is 2.96. The number of nitrogens with zero attached hydrogens (tertiary/aromatic N) is 1. The molecule has 0 bridgehead atoms. The van der Waals surface area contributed by atoms with Crippen LogP contribution in [0.2, 0.25) is 0 Å². The van der Waals surface area contributed by atoms with E-state index in [-0.39, 0.29) is 0 Å². The van der Waals surface area contributed by atoms with E-state index >= 15 is 0 Å². The van der Waals surface area contributed by atoms with Crippen molar-refractivity contribution in [3.8, 4) is 6.07 Å². The molecule has 82 valence electrons. The van der Waals surface area contributed by atoms with Gasteiger partial charge in [0.1, 0.15) is 6.07 Å². The average Bonchev–Trinajstić information content (AvgIpc) is 2.35. The molecule has 16 heavy (non-hydrogen) atoms. The van der Waals surface area contributed by atoms with Crippen molar-refractivity contribution in [2.24, 2.45) is 0 Å². The fraction of sp³-hybridized carbons (Fsp3) is 0.231. The number of hydrogen-bond donors (Lipinski definition) is 0. The van der Waals surface area contributed by atoms with Crippen LogP contribution < -0.4 is 0 Å². The van der Waals surface area contributed by atoms with Crippen molar-refractivity contribution in [2.75, 3.05) is 7.11 Å². The van der Waals surface area contributed by atoms with Crippen LogP contribution in [0.25, 0.3) is 5.57 Å². The van der Waals surface area contributed by atoms with Crippen molar-refractivity contribution >= 4 is 11.5 Å². The topological polar surface area (TPSA) is 50.1 Å². The third-order valence-electron chi connectivity index (χ3n) is 2.26. The molecule has 0 amide bonds. The number of nitriles is 1. The molecule has 0 radical (unpaired) electrons. The molecule has 0 atom stereocenters. The summed E-state index contributed by atoms with van der Waals surface area (Å²) in [7, 11) is 1.29. The first kappa shape index (κ1) is 12.0. The van der Waals surface area contributed by atoms with Crippen molar-refractivity contribution in [3.63, 3.8) is 0 Å². The number of methoxy groups -OCH3 is 1. The van der Waals surface area contributed by atoms with Crippen molar-refractivity contribution < 1.29 is 9.53 Å². The van der Waals surface area contributed by atoms with Gasteiger partial charge in [-0.05, 0) is 17.5 Å². The molecular weight excluding hydrogens is 202 g/mol. The molecule has 0 fully saturated rings. The molecule has 0 unspecified atom stereocenters. The molecule has 0 heterocycles. The fourth-order valence-electron chi connectivity index (χ4n) is 1.28. The summed E-state index contributed by atoms with van der Waals surface area (Å²) < 4.78 is 4.48. The molecule has 1 aromatic carbocycles. The van der Waals surface area contributed by atoms with E-state index < -0.39 is 5.97 Å². The maximum atomic E-state index is 11.0. The van der Waals surface area contributed by atoms with Crippen LogP contribution >= 0.6 is 0 Å². The predicted octanol–water partition coefficient (Wildman–Crippen LogP) is 2.33. The number of benzene rings is 1. The van der Waals surface area contributed by atoms with E-state index in [1.54, 1.807) is 0 Å². The second-order valence-corrected chi connectivity index (χ2v) is 3.24. The summed E-state index contributed by atoms with van der Waals surface area (Å²) in [5.74, 6) is -0.517. The number of hydrogen-bond acceptors (Lipinski definition) is 3. The molecule has 3 heteroatoms. The maximum Gasteiger partial charge on any atom is 0.331 e. The number of carbonyl (C=O) groups excluding carboxylic acids is 1. The van der Waals surface area contributed by atoms with Gasteiger partial charge in [0.2, 0.25) is 0 Å². The zero-order valence-corrected chi connectivity index (χ0v) is 9.36. The number of ether oxygens (including phenoxy) is 1. The number of esters is 1. The Morgan fingerprint density at radius 3 is 2.50 bits per heavy atom. The minimum Gasteiger partial charge on any atom is -0.466 e. The van der Waals surface area contributed by atoms with Gasteiger partial charge in [-0.2, -0.15) is 5.26 Å². The highest BCUT2D eigenvalue weighted by atomic mass is 16.5. The quantitative estimate of drug-likeness (QED) is 0.441. The van der Waals surface area contributed by atoms with Crippen LogP contribution in [0.1, 0.15) is 18.1 Å². The van der Waals surface area contributed by atoms with Gasteiger partial charge in [0.25, 0.3) is 0 Å². The van der Waals surface area contributed by atoms with Crippen LogP contribution in [0.5, 0.6) is 0 Å². The van der Waals surface area contributed by atoms with Crippen LogP contribution in [-0.4, -0.2) is 13.1 Å². The first-order valence-corrected chi connectivity index (χ1v) is 5.00. The van der Waals surface area contributed by atoms with E-state index in [0.29, 0.717) is 5.57 Å². The Hall–Kier alpha value is -2.08. The highest BCUT2D eigenvalue weighted by Gasteiger charge is 2.03. The Balaban J connectivity index is 3.01. The first-order chi connectivity index (χ1) is 7.71. The summed E-state index contributed by atoms with van der Waals surface area (Å²) in [6, 6.07) is 9.53. The first-order valence-electron chi connectivity index (χ1n) is 5.00. The number of carbonyl (C=O) groups is 1. The van der Waals surface area contributed by atoms with Gasteiger partial charge in [-0.1, -0.05) is 31.2 Å². The van der Waals surface area contributed by atoms with E-state index in [0.717, 1.165) is 12.0 Å². The van der Waals surface area contributed by atoms with Crippen LogP contribution in [0.4, 0.5) is 0 Å². The Labute approximate surface area is 95.0 Å². The molecule has 0 aliphatic carbocycles. The van der Waals surface area contributed by atoms with Crippen LogP contribution in [0, 0.1) is 11.3 Å². The molecular formula is C13H13NO2. The maximum absolute atomic E-state index is 11.0. The largest absolute Gasteiger partial charge is 0.466 e. The molecule has 0 N–H and O–H groups in total. The highest BCUT2D eigenvalue weighted by molar-refractivity contribution is 5.95. The monoisotopic (exact) mass is 215 g/mol. The lowest BCUT2D eigenvalue weighted by atomic mass is 10.0. The Morgan fingerprint density at radius 2 is 2.06 bits per heavy atom. The molecule has 1 aromatic rings. The van der Waals surface area contributed by atoms with Gasteiger partial charge < -0.3 is 4.74 Å². The van der Waals surface area contributed by atoms with Gasteiger partial charge in [-0.15, -0.1) is 0 Å². The van der Waals surface area contributed by atoms with Gasteiger partial charge >= 0.3 is 5.97 Å². The van der Waals surface area contributed by atoms with Crippen LogP contribution in [0.3, 0.4) is 0 Å². The fourth-order valence-corrected chi connectivity index (χ4v) is 1.28. The number of aryl methyl sites for hydroxylation is 1. The molecule has 1 rings (SSSR count). The predicted molar refractivity (Wildman–Crippen MR) is 61.4 cm³/mol. The summed E-state index contributed by atoms with van der Waals surface area (Å²) >= 11 is 0. The van der Waals surface area contributed by atoms with Crippen LogP contribution in [-0.2, 0) is 16.0 Å². The Bertz CT molecular complexity index is 438. The lowest BCUT2D eigenvalue weighted by molar-refractivity contribution is -0.134. The molecule has 0 aromatic heterocycles. The van der Waals surface area contributed by atoms with Crippen molar-refractivity contribution in [2.45, 2.75) is 13.3 Å². The summed E-state index contributed by atoms with van der Waals surface area (Å²) in [5, 5.41) is 8.92. The number of allylic oxidation sites excluding steroid dienone is 1. The van der Waals surface area contributed by atoms with E-state index in [4.69, 9.17) is 5.26 Å². The summed E-state index contributed by atoms with van der Waals surface area (Å²) in [5.41, 5.74) is 2.23. The van der Waals surface area contributed by atoms with Gasteiger partial charge in [0, 0.05) is 6.08 Å². The van der Waals surface area contributed by atoms with E-state index in [9.17, 15) is 4.79 Å². The van der Waals surface area contributed by atoms with Gasteiger partial charge in [-0.25, -0.2) is 4.79 Å². The molecule has 0 saturated carbocycles. The van der Waals surface area contributed by atoms with E-state index in [1.807, 2.05) is 30.3 Å². The zero-order valence-electron chi connectivity index (χ0n) is 9.36. The summed E-state index contributed by atoms with van der Waals surface area (Å²) in [6.45, 7) is 2.06. The van der Waals surface area contributed by atoms with Crippen molar-refractivity contribution in [1.82, 2.24) is 0 Å². The number of rotatable bonds is 3. The zero-order chi connectivity index (χ0) is 12.0. The van der Waals surface area contributed by atoms with Crippen molar-refractivity contribution in [3.05, 3.63) is 41.5 Å². The lowest BCUT2D eigenvalue weighted by Gasteiger charge is -2.00. The molecule has 3 nitrogen and oxygen atoms in total. The molecule has 0 aliphatic heterocycles. The molecule has 0 saturated heterocycles. The lowest BCUT2D eigenvalue weighted by Crippen LogP contribution is -1.96. The smallest absolute Gasteiger partial charge is 0.331 e. The minimum absolute atomic E-state index is 0.314. The van der Waals surface area contributed by atoms with Crippen LogP contribution in [0.15, 0.2) is 30.3 Å². The average molecular weight is 215 g/mol. The van der Waals surface area contributed by atoms with Gasteiger partial charge in [0.15, 0.2) is 0 Å². The van der Waals surface area contributed by atoms with Gasteiger partial charge in [0.05, 0.1) is 12.7 Å². The molecule has 0 spiro atoms. The third-order valence-corrected chi connectivity index (χ3v) is 2.26. The Morgan fingerprint density at radius 1 is 1.44 bits per heavy atom. The summed E-state index contributed by atoms with van der Waals surface area (Å²) in [6.07, 6.45) is 2.14. The normalized spacial score (nSPS) is 10.7. The van der Waals surface area contributed by atoms with Gasteiger partial charge in [-0.3, -0.25) is 0 Å². The van der Waals surface area contributed by atoms with E-state index in [1.165, 1.54) is 18.7 Å². The SMILES string of the molecule is CCc1ccc(C(C#N)=CC(=O)OC)cc1. The summed E-state index contributed by atoms with van der Waals surface area (Å²) in [4.78, 5) is 11.0. The standard InChI is InChI=1S/C13H13NO2/c1-3-10-4-6-11(7-5-10)12(9-14)8-13(15)16-2/h4-8H,3H2,1-2H3.